The highest BCUT2D eigenvalue weighted by Crippen LogP contribution is 2.32. The van der Waals surface area contributed by atoms with Gasteiger partial charge in [-0.1, -0.05) is 39.5 Å². The fraction of sp³-hybridized carbons (Fsp3) is 1.00. The summed E-state index contributed by atoms with van der Waals surface area (Å²) < 4.78 is -0.454. The normalized spacial score (nSPS) is 12.0. The lowest BCUT2D eigenvalue weighted by molar-refractivity contribution is 0.572. The van der Waals surface area contributed by atoms with Crippen molar-refractivity contribution < 1.29 is 0 Å². The van der Waals surface area contributed by atoms with E-state index in [9.17, 15) is 0 Å². The molecule has 0 bridgehead atoms. The maximum absolute atomic E-state index is 6.04. The first-order valence-electron chi connectivity index (χ1n) is 4.50. The lowest BCUT2D eigenvalue weighted by Gasteiger charge is -2.17. The first-order chi connectivity index (χ1) is 5.12. The van der Waals surface area contributed by atoms with Crippen LogP contribution in [0, 0.1) is 0 Å². The molecular weight excluding hydrogens is 179 g/mol. The van der Waals surface area contributed by atoms with Gasteiger partial charge in [0, 0.05) is 0 Å². The summed E-state index contributed by atoms with van der Waals surface area (Å²) in [6, 6.07) is 0. The van der Waals surface area contributed by atoms with Crippen molar-refractivity contribution >= 4 is 23.2 Å². The number of hydrogen-bond donors (Lipinski definition) is 0. The Hall–Kier alpha value is 0.580. The van der Waals surface area contributed by atoms with Crippen molar-refractivity contribution in [1.82, 2.24) is 0 Å². The highest BCUT2D eigenvalue weighted by molar-refractivity contribution is 6.48. The van der Waals surface area contributed by atoms with Crippen molar-refractivity contribution in [3.63, 3.8) is 0 Å². The van der Waals surface area contributed by atoms with Crippen LogP contribution in [0.2, 0.25) is 0 Å². The van der Waals surface area contributed by atoms with E-state index in [1.807, 2.05) is 0 Å². The van der Waals surface area contributed by atoms with Crippen LogP contribution in [0.5, 0.6) is 0 Å². The third-order valence-electron chi connectivity index (χ3n) is 1.76. The fourth-order valence-electron chi connectivity index (χ4n) is 1.12. The summed E-state index contributed by atoms with van der Waals surface area (Å²) >= 11 is 12.1. The van der Waals surface area contributed by atoms with E-state index in [0.29, 0.717) is 0 Å². The molecule has 11 heavy (non-hydrogen) atoms. The highest BCUT2D eigenvalue weighted by atomic mass is 35.5. The largest absolute Gasteiger partial charge is 0.118 e. The van der Waals surface area contributed by atoms with Gasteiger partial charge in [-0.15, -0.1) is 23.2 Å². The minimum absolute atomic E-state index is 0.454. The van der Waals surface area contributed by atoms with Crippen LogP contribution in [0.25, 0.3) is 0 Å². The molecule has 0 heterocycles. The summed E-state index contributed by atoms with van der Waals surface area (Å²) in [5.74, 6) is 0. The Bertz CT molecular complexity index is 89.6. The van der Waals surface area contributed by atoms with Gasteiger partial charge in [-0.25, -0.2) is 0 Å². The average molecular weight is 197 g/mol. The highest BCUT2D eigenvalue weighted by Gasteiger charge is 2.21. The Morgan fingerprint density at radius 1 is 0.909 bits per heavy atom. The lowest BCUT2D eigenvalue weighted by Crippen LogP contribution is -2.11. The van der Waals surface area contributed by atoms with E-state index in [2.05, 4.69) is 13.8 Å². The van der Waals surface area contributed by atoms with Gasteiger partial charge < -0.3 is 0 Å². The molecule has 0 N–H and O–H groups in total. The minimum Gasteiger partial charge on any atom is -0.102 e. The molecular formula is C9H18Cl2. The second-order valence-corrected chi connectivity index (χ2v) is 4.70. The second kappa shape index (κ2) is 6.14. The minimum atomic E-state index is -0.454. The molecule has 0 saturated carbocycles. The van der Waals surface area contributed by atoms with Gasteiger partial charge in [-0.2, -0.15) is 0 Å². The van der Waals surface area contributed by atoms with Gasteiger partial charge in [-0.3, -0.25) is 0 Å². The van der Waals surface area contributed by atoms with Gasteiger partial charge in [0.05, 0.1) is 0 Å². The van der Waals surface area contributed by atoms with E-state index in [4.69, 9.17) is 23.2 Å². The van der Waals surface area contributed by atoms with Crippen LogP contribution >= 0.6 is 23.2 Å². The molecule has 0 aromatic heterocycles. The number of hydrogen-bond acceptors (Lipinski definition) is 0. The molecule has 0 saturated heterocycles. The first-order valence-corrected chi connectivity index (χ1v) is 5.26. The van der Waals surface area contributed by atoms with Gasteiger partial charge in [0.1, 0.15) is 4.33 Å². The number of alkyl halides is 2. The van der Waals surface area contributed by atoms with E-state index in [-0.39, 0.29) is 0 Å². The van der Waals surface area contributed by atoms with Crippen molar-refractivity contribution in [2.75, 3.05) is 0 Å². The Kier molecular flexibility index (Phi) is 6.46. The van der Waals surface area contributed by atoms with E-state index < -0.39 is 4.33 Å². The molecule has 0 rings (SSSR count). The van der Waals surface area contributed by atoms with Crippen LogP contribution < -0.4 is 0 Å². The Morgan fingerprint density at radius 2 is 1.55 bits per heavy atom. The smallest absolute Gasteiger partial charge is 0.102 e. The van der Waals surface area contributed by atoms with E-state index >= 15 is 0 Å². The molecule has 0 aliphatic rings. The molecule has 0 aliphatic heterocycles. The molecule has 0 aliphatic carbocycles. The average Bonchev–Trinajstić information content (AvgIpc) is 1.87. The SMILES string of the molecule is CCCCCC(Cl)(Cl)CCC. The van der Waals surface area contributed by atoms with E-state index in [1.165, 1.54) is 12.8 Å². The Morgan fingerprint density at radius 3 is 2.00 bits per heavy atom. The number of halogens is 2. The molecule has 0 unspecified atom stereocenters. The van der Waals surface area contributed by atoms with Gasteiger partial charge >= 0.3 is 0 Å². The summed E-state index contributed by atoms with van der Waals surface area (Å²) in [5, 5.41) is 0. The van der Waals surface area contributed by atoms with Crippen molar-refractivity contribution in [3.8, 4) is 0 Å². The van der Waals surface area contributed by atoms with Crippen molar-refractivity contribution in [1.29, 1.82) is 0 Å². The molecule has 68 valence electrons. The summed E-state index contributed by atoms with van der Waals surface area (Å²) in [7, 11) is 0. The molecule has 0 atom stereocenters. The predicted molar refractivity (Wildman–Crippen MR) is 53.5 cm³/mol. The molecule has 0 aromatic carbocycles. The third kappa shape index (κ3) is 6.96. The topological polar surface area (TPSA) is 0 Å². The zero-order valence-electron chi connectivity index (χ0n) is 7.50. The van der Waals surface area contributed by atoms with Gasteiger partial charge in [0.2, 0.25) is 0 Å². The first kappa shape index (κ1) is 11.6. The van der Waals surface area contributed by atoms with Crippen LogP contribution in [0.15, 0.2) is 0 Å². The number of rotatable bonds is 6. The van der Waals surface area contributed by atoms with Crippen molar-refractivity contribution in [2.45, 2.75) is 56.7 Å². The summed E-state index contributed by atoms with van der Waals surface area (Å²) in [4.78, 5) is 0. The van der Waals surface area contributed by atoms with Crippen LogP contribution in [-0.4, -0.2) is 4.33 Å². The summed E-state index contributed by atoms with van der Waals surface area (Å²) in [5.41, 5.74) is 0. The summed E-state index contributed by atoms with van der Waals surface area (Å²) in [6.07, 6.45) is 6.56. The zero-order chi connectivity index (χ0) is 8.74. The van der Waals surface area contributed by atoms with Crippen LogP contribution in [0.4, 0.5) is 0 Å². The third-order valence-corrected chi connectivity index (χ3v) is 2.52. The molecule has 0 spiro atoms. The maximum Gasteiger partial charge on any atom is 0.118 e. The van der Waals surface area contributed by atoms with Gasteiger partial charge in [0.15, 0.2) is 0 Å². The maximum atomic E-state index is 6.04. The lowest BCUT2D eigenvalue weighted by atomic mass is 10.1. The number of unbranched alkanes of at least 4 members (excludes halogenated alkanes) is 2. The molecule has 0 radical (unpaired) electrons. The van der Waals surface area contributed by atoms with Crippen LogP contribution in [0.1, 0.15) is 52.4 Å². The molecule has 0 aromatic rings. The van der Waals surface area contributed by atoms with Gasteiger partial charge in [0.25, 0.3) is 0 Å². The molecule has 0 amide bonds. The molecule has 0 nitrogen and oxygen atoms in total. The molecule has 2 heteroatoms. The van der Waals surface area contributed by atoms with Crippen LogP contribution in [0.3, 0.4) is 0 Å². The van der Waals surface area contributed by atoms with Crippen molar-refractivity contribution in [2.24, 2.45) is 0 Å². The second-order valence-electron chi connectivity index (χ2n) is 3.06. The van der Waals surface area contributed by atoms with E-state index in [1.54, 1.807) is 0 Å². The van der Waals surface area contributed by atoms with Gasteiger partial charge in [-0.05, 0) is 12.8 Å². The quantitative estimate of drug-likeness (QED) is 0.433. The zero-order valence-corrected chi connectivity index (χ0v) is 9.01. The monoisotopic (exact) mass is 196 g/mol. The van der Waals surface area contributed by atoms with E-state index in [0.717, 1.165) is 25.7 Å². The Balaban J connectivity index is 3.38. The standard InChI is InChI=1S/C9H18Cl2/c1-3-5-6-8-9(10,11)7-4-2/h3-8H2,1-2H3. The van der Waals surface area contributed by atoms with Crippen molar-refractivity contribution in [3.05, 3.63) is 0 Å². The fourth-order valence-corrected chi connectivity index (χ4v) is 1.77. The molecule has 0 fully saturated rings. The Labute approximate surface area is 80.3 Å². The summed E-state index contributed by atoms with van der Waals surface area (Å²) in [6.45, 7) is 4.29. The predicted octanol–water partition coefficient (Wildman–Crippen LogP) is 4.54. The van der Waals surface area contributed by atoms with Crippen LogP contribution in [-0.2, 0) is 0 Å².